The zero-order chi connectivity index (χ0) is 14.6. The Bertz CT molecular complexity index is 420. The van der Waals surface area contributed by atoms with Crippen molar-refractivity contribution >= 4 is 5.97 Å². The third-order valence-electron chi connectivity index (χ3n) is 3.05. The fourth-order valence-electron chi connectivity index (χ4n) is 1.90. The lowest BCUT2D eigenvalue weighted by molar-refractivity contribution is -0.138. The monoisotopic (exact) mass is 265 g/mol. The van der Waals surface area contributed by atoms with E-state index in [1.807, 2.05) is 24.3 Å². The largest absolute Gasteiger partial charge is 0.480 e. The summed E-state index contributed by atoms with van der Waals surface area (Å²) in [6.07, 6.45) is -0.668. The Labute approximate surface area is 114 Å². The van der Waals surface area contributed by atoms with Crippen LogP contribution in [0.5, 0.6) is 0 Å². The van der Waals surface area contributed by atoms with E-state index in [2.05, 4.69) is 20.8 Å². The molecule has 1 rings (SSSR count). The number of hydrogen-bond acceptors (Lipinski definition) is 3. The summed E-state index contributed by atoms with van der Waals surface area (Å²) in [7, 11) is 1.68. The number of carbonyl (C=O) groups is 1. The summed E-state index contributed by atoms with van der Waals surface area (Å²) in [5.74, 6) is -0.891. The molecule has 0 spiro atoms. The van der Waals surface area contributed by atoms with E-state index >= 15 is 0 Å². The second kappa shape index (κ2) is 6.17. The summed E-state index contributed by atoms with van der Waals surface area (Å²) in [6, 6.07) is 7.82. The molecule has 4 nitrogen and oxygen atoms in total. The summed E-state index contributed by atoms with van der Waals surface area (Å²) in [6.45, 7) is 6.65. The topological polar surface area (TPSA) is 60.8 Å². The number of aliphatic hydroxyl groups is 1. The molecule has 106 valence electrons. The molecule has 1 aromatic carbocycles. The molecule has 0 fully saturated rings. The number of hydrogen-bond donors (Lipinski definition) is 2. The maximum atomic E-state index is 10.6. The van der Waals surface area contributed by atoms with Crippen LogP contribution in [0.25, 0.3) is 0 Å². The molecule has 1 atom stereocenters. The van der Waals surface area contributed by atoms with Crippen molar-refractivity contribution in [2.45, 2.75) is 32.3 Å². The van der Waals surface area contributed by atoms with Gasteiger partial charge in [0, 0.05) is 6.54 Å². The van der Waals surface area contributed by atoms with Crippen LogP contribution >= 0.6 is 0 Å². The number of nitrogens with zero attached hydrogens (tertiary/aromatic N) is 1. The first kappa shape index (κ1) is 15.7. The van der Waals surface area contributed by atoms with Crippen molar-refractivity contribution in [2.24, 2.45) is 0 Å². The van der Waals surface area contributed by atoms with Gasteiger partial charge in [-0.15, -0.1) is 0 Å². The van der Waals surface area contributed by atoms with Gasteiger partial charge in [0.05, 0.1) is 12.6 Å². The highest BCUT2D eigenvalue weighted by molar-refractivity contribution is 5.69. The highest BCUT2D eigenvalue weighted by Crippen LogP contribution is 2.24. The lowest BCUT2D eigenvalue weighted by Gasteiger charge is -2.22. The van der Waals surface area contributed by atoms with E-state index in [0.717, 1.165) is 5.56 Å². The SMILES string of the molecule is CN(CC(=O)O)CC(O)c1ccc(C(C)(C)C)cc1. The summed E-state index contributed by atoms with van der Waals surface area (Å²) in [5, 5.41) is 18.7. The number of rotatable bonds is 5. The van der Waals surface area contributed by atoms with Crippen LogP contribution in [0.1, 0.15) is 38.0 Å². The molecule has 19 heavy (non-hydrogen) atoms. The van der Waals surface area contributed by atoms with Crippen molar-refractivity contribution in [1.82, 2.24) is 4.90 Å². The lowest BCUT2D eigenvalue weighted by Crippen LogP contribution is -2.29. The molecule has 0 bridgehead atoms. The van der Waals surface area contributed by atoms with Crippen LogP contribution in [0.4, 0.5) is 0 Å². The first-order valence-electron chi connectivity index (χ1n) is 6.39. The molecule has 1 aromatic rings. The Morgan fingerprint density at radius 3 is 2.21 bits per heavy atom. The van der Waals surface area contributed by atoms with Gasteiger partial charge in [-0.05, 0) is 23.6 Å². The van der Waals surface area contributed by atoms with Gasteiger partial charge < -0.3 is 10.2 Å². The molecule has 0 aliphatic carbocycles. The van der Waals surface area contributed by atoms with Gasteiger partial charge >= 0.3 is 5.97 Å². The lowest BCUT2D eigenvalue weighted by atomic mass is 9.86. The maximum Gasteiger partial charge on any atom is 0.317 e. The van der Waals surface area contributed by atoms with Crippen molar-refractivity contribution in [3.63, 3.8) is 0 Å². The van der Waals surface area contributed by atoms with Gasteiger partial charge in [0.25, 0.3) is 0 Å². The fraction of sp³-hybridized carbons (Fsp3) is 0.533. The molecule has 0 radical (unpaired) electrons. The highest BCUT2D eigenvalue weighted by atomic mass is 16.4. The van der Waals surface area contributed by atoms with Crippen molar-refractivity contribution in [3.05, 3.63) is 35.4 Å². The molecule has 0 aromatic heterocycles. The summed E-state index contributed by atoms with van der Waals surface area (Å²) >= 11 is 0. The Balaban J connectivity index is 2.68. The van der Waals surface area contributed by atoms with Gasteiger partial charge in [-0.1, -0.05) is 45.0 Å². The van der Waals surface area contributed by atoms with Crippen LogP contribution in [0.3, 0.4) is 0 Å². The predicted molar refractivity (Wildman–Crippen MR) is 75.2 cm³/mol. The molecule has 0 amide bonds. The second-order valence-corrected chi connectivity index (χ2v) is 5.98. The molecule has 0 aliphatic rings. The standard InChI is InChI=1S/C15H23NO3/c1-15(2,3)12-7-5-11(6-8-12)13(17)9-16(4)10-14(18)19/h5-8,13,17H,9-10H2,1-4H3,(H,18,19). The van der Waals surface area contributed by atoms with Crippen LogP contribution in [0.2, 0.25) is 0 Å². The van der Waals surface area contributed by atoms with E-state index in [4.69, 9.17) is 5.11 Å². The Morgan fingerprint density at radius 2 is 1.79 bits per heavy atom. The van der Waals surface area contributed by atoms with E-state index in [0.29, 0.717) is 6.54 Å². The Morgan fingerprint density at radius 1 is 1.26 bits per heavy atom. The van der Waals surface area contributed by atoms with Crippen LogP contribution < -0.4 is 0 Å². The minimum absolute atomic E-state index is 0.0723. The zero-order valence-corrected chi connectivity index (χ0v) is 12.1. The molecular weight excluding hydrogens is 242 g/mol. The van der Waals surface area contributed by atoms with Crippen LogP contribution in [0.15, 0.2) is 24.3 Å². The highest BCUT2D eigenvalue weighted by Gasteiger charge is 2.16. The van der Waals surface area contributed by atoms with Crippen molar-refractivity contribution in [1.29, 1.82) is 0 Å². The number of likely N-dealkylation sites (N-methyl/N-ethyl adjacent to an activating group) is 1. The molecule has 0 saturated carbocycles. The summed E-state index contributed by atoms with van der Waals surface area (Å²) in [4.78, 5) is 12.1. The van der Waals surface area contributed by atoms with E-state index in [-0.39, 0.29) is 12.0 Å². The molecule has 2 N–H and O–H groups in total. The minimum Gasteiger partial charge on any atom is -0.480 e. The Kier molecular flexibility index (Phi) is 5.09. The normalized spacial score (nSPS) is 13.6. The molecule has 4 heteroatoms. The number of carboxylic acid groups (broad SMARTS) is 1. The molecule has 1 unspecified atom stereocenters. The first-order chi connectivity index (χ1) is 8.70. The third-order valence-corrected chi connectivity index (χ3v) is 3.05. The fourth-order valence-corrected chi connectivity index (χ4v) is 1.90. The number of aliphatic carboxylic acids is 1. The van der Waals surface area contributed by atoms with Crippen LogP contribution in [0, 0.1) is 0 Å². The Hall–Kier alpha value is -1.39. The van der Waals surface area contributed by atoms with Gasteiger partial charge in [0.15, 0.2) is 0 Å². The predicted octanol–water partition coefficient (Wildman–Crippen LogP) is 2.03. The van der Waals surface area contributed by atoms with Gasteiger partial charge in [0.2, 0.25) is 0 Å². The average molecular weight is 265 g/mol. The smallest absolute Gasteiger partial charge is 0.317 e. The van der Waals surface area contributed by atoms with Gasteiger partial charge in [-0.25, -0.2) is 0 Å². The quantitative estimate of drug-likeness (QED) is 0.855. The first-order valence-corrected chi connectivity index (χ1v) is 6.39. The second-order valence-electron chi connectivity index (χ2n) is 5.98. The van der Waals surface area contributed by atoms with E-state index in [9.17, 15) is 9.90 Å². The zero-order valence-electron chi connectivity index (χ0n) is 12.1. The van der Waals surface area contributed by atoms with Crippen LogP contribution in [-0.4, -0.2) is 41.2 Å². The molecule has 0 saturated heterocycles. The third kappa shape index (κ3) is 5.01. The van der Waals surface area contributed by atoms with Crippen molar-refractivity contribution < 1.29 is 15.0 Å². The molecule has 0 heterocycles. The average Bonchev–Trinajstić information content (AvgIpc) is 2.26. The van der Waals surface area contributed by atoms with E-state index in [1.54, 1.807) is 11.9 Å². The van der Waals surface area contributed by atoms with Crippen LogP contribution in [-0.2, 0) is 10.2 Å². The number of aliphatic hydroxyl groups excluding tert-OH is 1. The van der Waals surface area contributed by atoms with Crippen molar-refractivity contribution in [3.8, 4) is 0 Å². The van der Waals surface area contributed by atoms with Crippen molar-refractivity contribution in [2.75, 3.05) is 20.1 Å². The summed E-state index contributed by atoms with van der Waals surface area (Å²) < 4.78 is 0. The maximum absolute atomic E-state index is 10.6. The minimum atomic E-state index is -0.891. The summed E-state index contributed by atoms with van der Waals surface area (Å²) in [5.41, 5.74) is 2.11. The van der Waals surface area contributed by atoms with E-state index in [1.165, 1.54) is 5.56 Å². The number of benzene rings is 1. The molecular formula is C15H23NO3. The van der Waals surface area contributed by atoms with Gasteiger partial charge in [0.1, 0.15) is 0 Å². The molecule has 0 aliphatic heterocycles. The van der Waals surface area contributed by atoms with Gasteiger partial charge in [-0.2, -0.15) is 0 Å². The number of carboxylic acids is 1. The van der Waals surface area contributed by atoms with Gasteiger partial charge in [-0.3, -0.25) is 9.69 Å². The van der Waals surface area contributed by atoms with E-state index < -0.39 is 12.1 Å².